The van der Waals surface area contributed by atoms with Crippen molar-refractivity contribution < 1.29 is 19.7 Å². The summed E-state index contributed by atoms with van der Waals surface area (Å²) in [6.45, 7) is 5.34. The van der Waals surface area contributed by atoms with Gasteiger partial charge in [0.25, 0.3) is 0 Å². The van der Waals surface area contributed by atoms with Crippen LogP contribution in [-0.4, -0.2) is 73.4 Å². The summed E-state index contributed by atoms with van der Waals surface area (Å²) in [5.74, 6) is 0. The van der Waals surface area contributed by atoms with E-state index in [-0.39, 0.29) is 0 Å². The molecule has 0 aromatic heterocycles. The molecule has 0 aromatic carbocycles. The van der Waals surface area contributed by atoms with Crippen molar-refractivity contribution in [2.24, 2.45) is 0 Å². The fourth-order valence-corrected chi connectivity index (χ4v) is 2.25. The zero-order valence-corrected chi connectivity index (χ0v) is 10.9. The number of methoxy groups -OCH3 is 1. The zero-order chi connectivity index (χ0) is 12.7. The maximum atomic E-state index is 9.97. The molecule has 0 bridgehead atoms. The molecule has 5 heteroatoms. The van der Waals surface area contributed by atoms with Gasteiger partial charge < -0.3 is 19.7 Å². The number of β-amino-alcohol motifs (C(OH)–C–C–N with tert-alkyl or cyclic N) is 2. The first-order valence-corrected chi connectivity index (χ1v) is 6.29. The molecule has 1 atom stereocenters. The summed E-state index contributed by atoms with van der Waals surface area (Å²) in [6, 6.07) is 0. The van der Waals surface area contributed by atoms with E-state index in [4.69, 9.17) is 9.47 Å². The number of aliphatic hydroxyl groups excluding tert-OH is 1. The number of hydrogen-bond acceptors (Lipinski definition) is 5. The lowest BCUT2D eigenvalue weighted by molar-refractivity contribution is -0.118. The molecule has 1 unspecified atom stereocenters. The molecule has 5 nitrogen and oxygen atoms in total. The molecule has 0 radical (unpaired) electrons. The van der Waals surface area contributed by atoms with Gasteiger partial charge >= 0.3 is 0 Å². The lowest BCUT2D eigenvalue weighted by Gasteiger charge is -2.47. The third kappa shape index (κ3) is 5.31. The topological polar surface area (TPSA) is 62.2 Å². The molecule has 0 saturated carbocycles. The molecular formula is C12H25NO4. The summed E-state index contributed by atoms with van der Waals surface area (Å²) < 4.78 is 10.1. The zero-order valence-electron chi connectivity index (χ0n) is 10.9. The highest BCUT2D eigenvalue weighted by Gasteiger charge is 2.40. The van der Waals surface area contributed by atoms with Gasteiger partial charge in [-0.2, -0.15) is 0 Å². The summed E-state index contributed by atoms with van der Waals surface area (Å²) >= 11 is 0. The maximum Gasteiger partial charge on any atom is 0.0900 e. The Morgan fingerprint density at radius 3 is 2.65 bits per heavy atom. The Morgan fingerprint density at radius 1 is 1.35 bits per heavy atom. The molecule has 0 aliphatic carbocycles. The second-order valence-corrected chi connectivity index (χ2v) is 4.87. The molecule has 1 rings (SSSR count). The largest absolute Gasteiger partial charge is 0.389 e. The van der Waals surface area contributed by atoms with Crippen molar-refractivity contribution >= 4 is 0 Å². The monoisotopic (exact) mass is 247 g/mol. The van der Waals surface area contributed by atoms with E-state index in [0.29, 0.717) is 39.5 Å². The molecule has 0 aromatic rings. The van der Waals surface area contributed by atoms with Crippen LogP contribution in [0, 0.1) is 0 Å². The first kappa shape index (κ1) is 14.9. The van der Waals surface area contributed by atoms with Crippen LogP contribution in [0.3, 0.4) is 0 Å². The quantitative estimate of drug-likeness (QED) is 0.555. The van der Waals surface area contributed by atoms with Gasteiger partial charge in [0.1, 0.15) is 0 Å². The van der Waals surface area contributed by atoms with Gasteiger partial charge in [-0.1, -0.05) is 13.3 Å². The Morgan fingerprint density at radius 2 is 2.06 bits per heavy atom. The van der Waals surface area contributed by atoms with Crippen LogP contribution in [-0.2, 0) is 9.47 Å². The molecular weight excluding hydrogens is 222 g/mol. The average Bonchev–Trinajstić information content (AvgIpc) is 2.23. The number of likely N-dealkylation sites (tertiary alicyclic amines) is 1. The minimum atomic E-state index is -0.522. The van der Waals surface area contributed by atoms with Gasteiger partial charge in [0, 0.05) is 26.7 Å². The van der Waals surface area contributed by atoms with E-state index < -0.39 is 11.7 Å². The summed E-state index contributed by atoms with van der Waals surface area (Å²) in [5, 5.41) is 19.7. The lowest BCUT2D eigenvalue weighted by atomic mass is 9.89. The van der Waals surface area contributed by atoms with E-state index in [1.807, 2.05) is 0 Å². The van der Waals surface area contributed by atoms with Crippen LogP contribution >= 0.6 is 0 Å². The van der Waals surface area contributed by atoms with Crippen LogP contribution in [0.25, 0.3) is 0 Å². The van der Waals surface area contributed by atoms with Crippen molar-refractivity contribution in [2.45, 2.75) is 31.5 Å². The number of hydrogen-bond donors (Lipinski definition) is 2. The Hall–Kier alpha value is -0.200. The van der Waals surface area contributed by atoms with E-state index in [1.54, 1.807) is 7.11 Å². The van der Waals surface area contributed by atoms with E-state index in [1.165, 1.54) is 0 Å². The summed E-state index contributed by atoms with van der Waals surface area (Å²) in [7, 11) is 1.62. The number of rotatable bonds is 9. The second kappa shape index (κ2) is 7.28. The molecule has 1 fully saturated rings. The molecule has 102 valence electrons. The second-order valence-electron chi connectivity index (χ2n) is 4.87. The normalized spacial score (nSPS) is 21.2. The van der Waals surface area contributed by atoms with E-state index in [9.17, 15) is 10.2 Å². The number of aliphatic hydroxyl groups is 2. The smallest absolute Gasteiger partial charge is 0.0900 e. The highest BCUT2D eigenvalue weighted by Crippen LogP contribution is 2.25. The standard InChI is InChI=1S/C12H25NO4/c1-3-4-12(15)9-13(10-12)7-11(14)8-17-6-5-16-2/h11,14-15H,3-10H2,1-2H3. The fraction of sp³-hybridized carbons (Fsp3) is 1.00. The van der Waals surface area contributed by atoms with Gasteiger partial charge in [-0.25, -0.2) is 0 Å². The van der Waals surface area contributed by atoms with Gasteiger partial charge in [-0.3, -0.25) is 4.90 Å². The first-order valence-electron chi connectivity index (χ1n) is 6.29. The summed E-state index contributed by atoms with van der Waals surface area (Å²) in [6.07, 6.45) is 1.34. The molecule has 17 heavy (non-hydrogen) atoms. The lowest BCUT2D eigenvalue weighted by Crippen LogP contribution is -2.63. The molecule has 2 N–H and O–H groups in total. The Labute approximate surface area is 103 Å². The van der Waals surface area contributed by atoms with Gasteiger partial charge in [0.2, 0.25) is 0 Å². The molecule has 0 spiro atoms. The third-order valence-electron chi connectivity index (χ3n) is 2.96. The maximum absolute atomic E-state index is 9.97. The SMILES string of the molecule is CCCC1(O)CN(CC(O)COCCOC)C1. The van der Waals surface area contributed by atoms with Gasteiger partial charge in [-0.15, -0.1) is 0 Å². The Bertz CT molecular complexity index is 207. The van der Waals surface area contributed by atoms with Crippen molar-refractivity contribution in [3.05, 3.63) is 0 Å². The van der Waals surface area contributed by atoms with E-state index in [0.717, 1.165) is 12.8 Å². The van der Waals surface area contributed by atoms with Crippen LogP contribution in [0.2, 0.25) is 0 Å². The first-order chi connectivity index (χ1) is 8.09. The van der Waals surface area contributed by atoms with Crippen molar-refractivity contribution in [3.8, 4) is 0 Å². The molecule has 1 saturated heterocycles. The number of ether oxygens (including phenoxy) is 2. The van der Waals surface area contributed by atoms with Gasteiger partial charge in [-0.05, 0) is 6.42 Å². The average molecular weight is 247 g/mol. The van der Waals surface area contributed by atoms with Crippen LogP contribution in [0.4, 0.5) is 0 Å². The van der Waals surface area contributed by atoms with Gasteiger partial charge in [0.05, 0.1) is 31.5 Å². The molecule has 1 aliphatic rings. The van der Waals surface area contributed by atoms with Crippen LogP contribution in [0.1, 0.15) is 19.8 Å². The van der Waals surface area contributed by atoms with Crippen LogP contribution < -0.4 is 0 Å². The van der Waals surface area contributed by atoms with Crippen molar-refractivity contribution in [2.75, 3.05) is 46.6 Å². The minimum Gasteiger partial charge on any atom is -0.389 e. The van der Waals surface area contributed by atoms with E-state index >= 15 is 0 Å². The molecule has 0 amide bonds. The molecule has 1 heterocycles. The predicted molar refractivity (Wildman–Crippen MR) is 65.0 cm³/mol. The van der Waals surface area contributed by atoms with Gasteiger partial charge in [0.15, 0.2) is 0 Å². The predicted octanol–water partition coefficient (Wildman–Crippen LogP) is -0.143. The van der Waals surface area contributed by atoms with Crippen molar-refractivity contribution in [3.63, 3.8) is 0 Å². The highest BCUT2D eigenvalue weighted by molar-refractivity contribution is 4.95. The Balaban J connectivity index is 2.03. The summed E-state index contributed by atoms with van der Waals surface area (Å²) in [5.41, 5.74) is -0.522. The summed E-state index contributed by atoms with van der Waals surface area (Å²) in [4.78, 5) is 2.06. The van der Waals surface area contributed by atoms with Crippen molar-refractivity contribution in [1.29, 1.82) is 0 Å². The minimum absolute atomic E-state index is 0.325. The fourth-order valence-electron chi connectivity index (χ4n) is 2.25. The van der Waals surface area contributed by atoms with Crippen LogP contribution in [0.15, 0.2) is 0 Å². The molecule has 1 aliphatic heterocycles. The Kier molecular flexibility index (Phi) is 6.37. The highest BCUT2D eigenvalue weighted by atomic mass is 16.5. The van der Waals surface area contributed by atoms with E-state index in [2.05, 4.69) is 11.8 Å². The van der Waals surface area contributed by atoms with Crippen LogP contribution in [0.5, 0.6) is 0 Å². The number of nitrogens with zero attached hydrogens (tertiary/aromatic N) is 1. The third-order valence-corrected chi connectivity index (χ3v) is 2.96. The van der Waals surface area contributed by atoms with Crippen molar-refractivity contribution in [1.82, 2.24) is 4.90 Å².